The summed E-state index contributed by atoms with van der Waals surface area (Å²) in [5.41, 5.74) is 2.77. The summed E-state index contributed by atoms with van der Waals surface area (Å²) in [6.07, 6.45) is 5.79. The number of amides is 1. The first-order chi connectivity index (χ1) is 18.6. The second-order valence-corrected chi connectivity index (χ2v) is 12.1. The van der Waals surface area contributed by atoms with Crippen molar-refractivity contribution in [2.75, 3.05) is 0 Å². The topological polar surface area (TPSA) is 119 Å². The Morgan fingerprint density at radius 1 is 1.05 bits per heavy atom. The fourth-order valence-electron chi connectivity index (χ4n) is 8.27. The van der Waals surface area contributed by atoms with Crippen LogP contribution in [-0.2, 0) is 20.8 Å². The van der Waals surface area contributed by atoms with Gasteiger partial charge in [0.25, 0.3) is 0 Å². The predicted octanol–water partition coefficient (Wildman–Crippen LogP) is 4.34. The normalized spacial score (nSPS) is 37.6. The van der Waals surface area contributed by atoms with E-state index in [9.17, 15) is 24.6 Å². The molecule has 0 saturated carbocycles. The summed E-state index contributed by atoms with van der Waals surface area (Å²) in [4.78, 5) is 45.2. The van der Waals surface area contributed by atoms with Crippen molar-refractivity contribution in [1.29, 1.82) is 0 Å². The summed E-state index contributed by atoms with van der Waals surface area (Å²) in [6, 6.07) is 7.64. The molecule has 1 amide bonds. The molecule has 1 saturated heterocycles. The van der Waals surface area contributed by atoms with Gasteiger partial charge in [0, 0.05) is 47.3 Å². The largest absolute Gasteiger partial charge is 0.504 e. The molecule has 8 atom stereocenters. The van der Waals surface area contributed by atoms with Crippen molar-refractivity contribution < 1.29 is 24.6 Å². The third kappa shape index (κ3) is 3.48. The second-order valence-electron chi connectivity index (χ2n) is 12.1. The van der Waals surface area contributed by atoms with Gasteiger partial charge in [-0.05, 0) is 68.2 Å². The minimum atomic E-state index is -1.53. The Hall–Kier alpha value is -3.45. The highest BCUT2D eigenvalue weighted by atomic mass is 16.3. The zero-order chi connectivity index (χ0) is 27.8. The molecule has 1 aromatic heterocycles. The lowest BCUT2D eigenvalue weighted by Crippen LogP contribution is -2.56. The van der Waals surface area contributed by atoms with Gasteiger partial charge in [-0.15, -0.1) is 0 Å². The average molecular weight is 529 g/mol. The lowest BCUT2D eigenvalue weighted by molar-refractivity contribution is -0.149. The number of carbonyl (C=O) groups excluding carboxylic acids is 3. The van der Waals surface area contributed by atoms with Gasteiger partial charge in [0.05, 0.1) is 6.10 Å². The van der Waals surface area contributed by atoms with Gasteiger partial charge in [0.2, 0.25) is 11.7 Å². The van der Waals surface area contributed by atoms with E-state index in [4.69, 9.17) is 0 Å². The number of aromatic amines is 1. The molecule has 6 rings (SSSR count). The molecule has 2 aromatic rings. The van der Waals surface area contributed by atoms with Crippen LogP contribution in [0.15, 0.2) is 65.1 Å². The van der Waals surface area contributed by atoms with Crippen LogP contribution in [0.2, 0.25) is 0 Å². The van der Waals surface area contributed by atoms with Crippen LogP contribution >= 0.6 is 0 Å². The first kappa shape index (κ1) is 25.8. The third-order valence-electron chi connectivity index (χ3n) is 10.3. The number of fused-ring (bicyclic) bond motifs is 2. The number of benzene rings is 1. The number of carbonyl (C=O) groups is 3. The van der Waals surface area contributed by atoms with Crippen LogP contribution in [0.1, 0.15) is 46.1 Å². The summed E-state index contributed by atoms with van der Waals surface area (Å²) in [5, 5.41) is 26.3. The first-order valence-corrected chi connectivity index (χ1v) is 13.9. The van der Waals surface area contributed by atoms with E-state index in [2.05, 4.69) is 10.3 Å². The van der Waals surface area contributed by atoms with Crippen molar-refractivity contribution in [2.45, 2.75) is 59.1 Å². The van der Waals surface area contributed by atoms with Crippen LogP contribution in [0, 0.1) is 35.0 Å². The Kier molecular flexibility index (Phi) is 5.99. The molecular formula is C32H36N2O5. The molecule has 1 spiro atoms. The quantitative estimate of drug-likeness (QED) is 0.342. The van der Waals surface area contributed by atoms with Crippen LogP contribution < -0.4 is 5.32 Å². The Labute approximate surface area is 228 Å². The van der Waals surface area contributed by atoms with Crippen molar-refractivity contribution in [1.82, 2.24) is 10.3 Å². The number of rotatable bonds is 2. The summed E-state index contributed by atoms with van der Waals surface area (Å²) in [5.74, 6) is -3.55. The number of allylic oxidation sites excluding steroid dienone is 3. The Balaban J connectivity index is 1.48. The molecule has 0 bridgehead atoms. The number of aliphatic hydroxyl groups is 2. The van der Waals surface area contributed by atoms with Gasteiger partial charge in [0.1, 0.15) is 5.41 Å². The van der Waals surface area contributed by atoms with Gasteiger partial charge in [-0.1, -0.05) is 42.8 Å². The predicted molar refractivity (Wildman–Crippen MR) is 148 cm³/mol. The zero-order valence-electron chi connectivity index (χ0n) is 22.8. The average Bonchev–Trinajstić information content (AvgIpc) is 3.52. The van der Waals surface area contributed by atoms with Crippen LogP contribution in [0.3, 0.4) is 0 Å². The van der Waals surface area contributed by atoms with E-state index in [0.29, 0.717) is 18.4 Å². The fourth-order valence-corrected chi connectivity index (χ4v) is 8.27. The van der Waals surface area contributed by atoms with E-state index in [1.54, 1.807) is 6.92 Å². The van der Waals surface area contributed by atoms with Crippen molar-refractivity contribution >= 4 is 28.4 Å². The number of H-pyrrole nitrogens is 1. The summed E-state index contributed by atoms with van der Waals surface area (Å²) >= 11 is 0. The van der Waals surface area contributed by atoms with E-state index in [0.717, 1.165) is 27.6 Å². The smallest absolute Gasteiger partial charge is 0.235 e. The highest BCUT2D eigenvalue weighted by molar-refractivity contribution is 6.11. The number of Topliss-reactive ketones (excluding diaryl/α,β-unsaturated/α-hetero) is 2. The Morgan fingerprint density at radius 3 is 2.56 bits per heavy atom. The molecule has 1 aliphatic heterocycles. The van der Waals surface area contributed by atoms with Crippen molar-refractivity contribution in [3.8, 4) is 0 Å². The van der Waals surface area contributed by atoms with Gasteiger partial charge < -0.3 is 20.5 Å². The monoisotopic (exact) mass is 528 g/mol. The lowest BCUT2D eigenvalue weighted by Gasteiger charge is -2.47. The molecule has 0 unspecified atom stereocenters. The lowest BCUT2D eigenvalue weighted by atomic mass is 9.53. The van der Waals surface area contributed by atoms with Crippen LogP contribution in [0.4, 0.5) is 0 Å². The molecule has 4 N–H and O–H groups in total. The number of hydrogen-bond donors (Lipinski definition) is 4. The van der Waals surface area contributed by atoms with E-state index < -0.39 is 35.1 Å². The number of para-hydroxylation sites is 1. The maximum Gasteiger partial charge on any atom is 0.235 e. The molecule has 204 valence electrons. The number of hydrogen-bond acceptors (Lipinski definition) is 5. The van der Waals surface area contributed by atoms with Gasteiger partial charge in [-0.3, -0.25) is 14.4 Å². The van der Waals surface area contributed by atoms with E-state index in [1.807, 2.05) is 63.4 Å². The Morgan fingerprint density at radius 2 is 1.79 bits per heavy atom. The number of nitrogens with one attached hydrogen (secondary N) is 2. The maximum absolute atomic E-state index is 14.6. The maximum atomic E-state index is 14.6. The highest BCUT2D eigenvalue weighted by Gasteiger charge is 2.67. The molecule has 4 aliphatic rings. The first-order valence-electron chi connectivity index (χ1n) is 13.9. The van der Waals surface area contributed by atoms with E-state index in [-0.39, 0.29) is 41.7 Å². The van der Waals surface area contributed by atoms with Gasteiger partial charge in [0.15, 0.2) is 11.5 Å². The van der Waals surface area contributed by atoms with Crippen molar-refractivity contribution in [2.24, 2.45) is 35.0 Å². The summed E-state index contributed by atoms with van der Waals surface area (Å²) in [6.45, 7) is 7.59. The molecule has 0 radical (unpaired) electrons. The van der Waals surface area contributed by atoms with Crippen LogP contribution in [-0.4, -0.2) is 44.8 Å². The minimum absolute atomic E-state index is 0.0173. The number of aromatic nitrogens is 1. The van der Waals surface area contributed by atoms with Crippen LogP contribution in [0.25, 0.3) is 10.9 Å². The van der Waals surface area contributed by atoms with Gasteiger partial charge >= 0.3 is 0 Å². The molecular weight excluding hydrogens is 492 g/mol. The molecule has 1 fully saturated rings. The van der Waals surface area contributed by atoms with Crippen molar-refractivity contribution in [3.63, 3.8) is 0 Å². The van der Waals surface area contributed by atoms with Crippen LogP contribution in [0.5, 0.6) is 0 Å². The number of ketones is 2. The summed E-state index contributed by atoms with van der Waals surface area (Å²) in [7, 11) is 0. The highest BCUT2D eigenvalue weighted by Crippen LogP contribution is 2.56. The van der Waals surface area contributed by atoms with Crippen molar-refractivity contribution in [3.05, 3.63) is 70.7 Å². The molecule has 39 heavy (non-hydrogen) atoms. The van der Waals surface area contributed by atoms with E-state index >= 15 is 0 Å². The number of aliphatic hydroxyl groups excluding tert-OH is 2. The molecule has 3 aliphatic carbocycles. The standard InChI is InChI=1S/C32H36N2O5/c1-15-8-7-10-22-28(36)17(3)16(2)27-24(12-19-14-33-23-11-6-5-9-20(19)23)34-31(39)32(22,27)25(35)13-21-26(15)18(4)29(37)30(21)38/h5-7,9-11,14-15,21-22,24,26-28,33,36-37H,8,12-13H2,1-4H3,(H,34,39)/b10-7-/t15-,21-,22-,24-,26+,27-,28+,32+/m0/s1. The Bertz CT molecular complexity index is 1490. The second kappa shape index (κ2) is 9.05. The van der Waals surface area contributed by atoms with Gasteiger partial charge in [-0.2, -0.15) is 0 Å². The molecule has 2 heterocycles. The van der Waals surface area contributed by atoms with Gasteiger partial charge in [-0.25, -0.2) is 0 Å². The zero-order valence-corrected chi connectivity index (χ0v) is 22.8. The molecule has 7 heteroatoms. The third-order valence-corrected chi connectivity index (χ3v) is 10.3. The fraction of sp³-hybridized carbons (Fsp3) is 0.469. The summed E-state index contributed by atoms with van der Waals surface area (Å²) < 4.78 is 0. The van der Waals surface area contributed by atoms with E-state index in [1.165, 1.54) is 0 Å². The minimum Gasteiger partial charge on any atom is -0.504 e. The molecule has 7 nitrogen and oxygen atoms in total. The SMILES string of the molecule is CC1=C(O)C(=O)[C@H]2CC(=O)[C@@]34C(=O)N[C@@H](Cc5c[nH]c6ccccc56)[C@@H]3C(C)=C(C)[C@@H](O)[C@@H]4/C=C\C[C@H](C)[C@H]12. The molecule has 1 aromatic carbocycles.